The molecule has 0 atom stereocenters. The Bertz CT molecular complexity index is 6220. The molecule has 6 aromatic heterocycles. The summed E-state index contributed by atoms with van der Waals surface area (Å²) in [6.45, 7) is 14.5. The van der Waals surface area contributed by atoms with Crippen molar-refractivity contribution in [3.05, 3.63) is 353 Å². The molecule has 0 aliphatic heterocycles. The van der Waals surface area contributed by atoms with Crippen LogP contribution in [0.5, 0.6) is 0 Å². The molecule has 0 spiro atoms. The zero-order valence-corrected chi connectivity index (χ0v) is 63.3. The van der Waals surface area contributed by atoms with Crippen molar-refractivity contribution in [3.63, 3.8) is 0 Å². The Hall–Kier alpha value is -12.5. The van der Waals surface area contributed by atoms with E-state index in [0.29, 0.717) is 39.9 Å². The van der Waals surface area contributed by atoms with E-state index in [2.05, 4.69) is 220 Å². The first kappa shape index (κ1) is 75.4. The minimum atomic E-state index is -0.148. The molecule has 552 valence electrons. The molecule has 0 amide bonds. The number of aromatic nitrogens is 6. The highest BCUT2D eigenvalue weighted by molar-refractivity contribution is 6.44. The van der Waals surface area contributed by atoms with Crippen LogP contribution in [-0.4, -0.2) is 29.1 Å². The number of nitrogens with two attached hydrogens (primary N) is 1. The normalized spacial score (nSPS) is 11.4. The van der Waals surface area contributed by atoms with Gasteiger partial charge in [-0.15, -0.1) is 0 Å². The van der Waals surface area contributed by atoms with Crippen LogP contribution in [0.25, 0.3) is 100 Å². The van der Waals surface area contributed by atoms with Crippen LogP contribution in [0.1, 0.15) is 78.6 Å². The maximum absolute atomic E-state index is 7.52. The molecule has 0 aliphatic rings. The molecular weight excluding hydrogens is 1430 g/mol. The first-order chi connectivity index (χ1) is 52.9. The number of pyridine rings is 2. The Morgan fingerprint density at radius 1 is 0.396 bits per heavy atom. The Kier molecular flexibility index (Phi) is 21.7. The third kappa shape index (κ3) is 15.8. The van der Waals surface area contributed by atoms with E-state index in [-0.39, 0.29) is 25.7 Å². The summed E-state index contributed by atoms with van der Waals surface area (Å²) in [5.41, 5.74) is 26.2. The molecule has 0 saturated heterocycles. The molecule has 18 aromatic rings. The maximum atomic E-state index is 7.52. The highest BCUT2D eigenvalue weighted by atomic mass is 35.5. The Balaban J connectivity index is 0.000000153. The predicted octanol–water partition coefficient (Wildman–Crippen LogP) is 27.5. The van der Waals surface area contributed by atoms with E-state index in [1.165, 1.54) is 22.1 Å². The van der Waals surface area contributed by atoms with Gasteiger partial charge in [0.15, 0.2) is 11.2 Å². The van der Waals surface area contributed by atoms with Crippen LogP contribution in [0.15, 0.2) is 325 Å². The van der Waals surface area contributed by atoms with Gasteiger partial charge in [-0.1, -0.05) is 225 Å². The van der Waals surface area contributed by atoms with Crippen molar-refractivity contribution in [3.8, 4) is 34.5 Å². The summed E-state index contributed by atoms with van der Waals surface area (Å²) in [6.07, 6.45) is 3.65. The number of oxazole rings is 2. The lowest BCUT2D eigenvalue weighted by Gasteiger charge is -2.30. The molecule has 0 unspecified atom stereocenters. The number of fused-ring (bicyclic) bond motifs is 8. The third-order valence-electron chi connectivity index (χ3n) is 19.6. The van der Waals surface area contributed by atoms with Gasteiger partial charge < -0.3 is 29.7 Å². The number of anilines is 7. The average molecular weight is 1520 g/mol. The molecule has 0 fully saturated rings. The maximum Gasteiger partial charge on any atom is 0.227 e. The smallest absolute Gasteiger partial charge is 0.227 e. The number of halogens is 3. The van der Waals surface area contributed by atoms with E-state index in [1.807, 2.05) is 176 Å². The fraction of sp³-hybridized carbons (Fsp3) is 0.125. The highest BCUT2D eigenvalue weighted by Crippen LogP contribution is 2.46. The molecule has 12 aromatic carbocycles. The van der Waals surface area contributed by atoms with Crippen molar-refractivity contribution in [1.82, 2.24) is 29.1 Å². The fourth-order valence-electron chi connectivity index (χ4n) is 13.9. The summed E-state index contributed by atoms with van der Waals surface area (Å²) in [7, 11) is 0. The van der Waals surface area contributed by atoms with Gasteiger partial charge in [0.2, 0.25) is 11.8 Å². The molecule has 15 heteroatoms. The number of nitrogen functional groups attached to an aromatic ring is 1. The lowest BCUT2D eigenvalue weighted by atomic mass is 9.86. The topological polar surface area (TPSA) is 132 Å². The molecule has 0 aliphatic carbocycles. The zero-order valence-electron chi connectivity index (χ0n) is 61.0. The van der Waals surface area contributed by atoms with Crippen molar-refractivity contribution >= 4 is 140 Å². The largest absolute Gasteiger partial charge is 0.436 e. The first-order valence-electron chi connectivity index (χ1n) is 36.2. The number of benzene rings is 12. The van der Waals surface area contributed by atoms with Gasteiger partial charge in [-0.05, 0) is 203 Å². The third-order valence-corrected chi connectivity index (χ3v) is 20.8. The summed E-state index contributed by atoms with van der Waals surface area (Å²) in [4.78, 5) is 23.0. The van der Waals surface area contributed by atoms with Gasteiger partial charge in [0.05, 0.1) is 54.2 Å². The standard InChI is InChI=1S/C47H38ClN5O.C30H26Cl2N2O.C17H13N3.2CH4/c1-47(2,3)33-27-39(50-34-22-20-32(21-23-34)46-51-38-16-8-10-18-43(38)54-46)45(48)42(28-33)52(30-31-13-5-4-6-14-31)35-24-25-41-37(29-35)36-15-7-9-17-40(36)53(41)44-19-11-12-26-49-44;1-30(2,3)22-17-24(31)28(32)26(18-22)34(19-20-9-5-4-6-10-20)23-15-13-21(14-16-23)29-33-25-11-7-8-12-27(25)35-29;18-12-8-9-16-14(11-12)13-5-1-2-6-15(13)20(16)17-7-3-4-10-19-17;;/h4-29,50H,30H2,1-3H3;4-18H,19H2,1-3H3;1-11H,18H2;2*1H4. The lowest BCUT2D eigenvalue weighted by molar-refractivity contribution is 0.590. The fourth-order valence-corrected chi connectivity index (χ4v) is 14.6. The summed E-state index contributed by atoms with van der Waals surface area (Å²) < 4.78 is 16.4. The van der Waals surface area contributed by atoms with Crippen LogP contribution in [0.2, 0.25) is 15.1 Å². The zero-order chi connectivity index (χ0) is 74.9. The van der Waals surface area contributed by atoms with Crippen LogP contribution in [-0.2, 0) is 23.9 Å². The van der Waals surface area contributed by atoms with Crippen molar-refractivity contribution < 1.29 is 8.83 Å². The van der Waals surface area contributed by atoms with E-state index in [4.69, 9.17) is 54.4 Å². The van der Waals surface area contributed by atoms with Crippen LogP contribution >= 0.6 is 34.8 Å². The molecule has 6 heterocycles. The van der Waals surface area contributed by atoms with E-state index in [0.717, 1.165) is 129 Å². The summed E-state index contributed by atoms with van der Waals surface area (Å²) in [5.74, 6) is 3.00. The second-order valence-corrected chi connectivity index (χ2v) is 30.2. The quantitative estimate of drug-likeness (QED) is 0.101. The monoisotopic (exact) mass is 1510 g/mol. The first-order valence-corrected chi connectivity index (χ1v) is 37.4. The highest BCUT2D eigenvalue weighted by Gasteiger charge is 2.27. The Morgan fingerprint density at radius 2 is 0.820 bits per heavy atom. The van der Waals surface area contributed by atoms with Crippen LogP contribution in [0.3, 0.4) is 0 Å². The number of nitrogens with one attached hydrogen (secondary N) is 1. The molecular formula is C96H85Cl3N10O2. The minimum Gasteiger partial charge on any atom is -0.436 e. The Labute approximate surface area is 662 Å². The van der Waals surface area contributed by atoms with E-state index in [9.17, 15) is 0 Å². The summed E-state index contributed by atoms with van der Waals surface area (Å²) in [5, 5.41) is 10.0. The van der Waals surface area contributed by atoms with Crippen LogP contribution in [0, 0.1) is 0 Å². The minimum absolute atomic E-state index is 0. The number of rotatable bonds is 14. The molecule has 0 radical (unpaired) electrons. The predicted molar refractivity (Wildman–Crippen MR) is 467 cm³/mol. The summed E-state index contributed by atoms with van der Waals surface area (Å²) >= 11 is 20.9. The second kappa shape index (κ2) is 32.0. The van der Waals surface area contributed by atoms with Crippen molar-refractivity contribution in [2.45, 2.75) is 80.3 Å². The van der Waals surface area contributed by atoms with Crippen molar-refractivity contribution in [1.29, 1.82) is 0 Å². The lowest BCUT2D eigenvalue weighted by Crippen LogP contribution is -2.19. The molecule has 111 heavy (non-hydrogen) atoms. The Morgan fingerprint density at radius 3 is 1.32 bits per heavy atom. The van der Waals surface area contributed by atoms with Gasteiger partial charge in [-0.3, -0.25) is 9.13 Å². The molecule has 12 nitrogen and oxygen atoms in total. The second-order valence-electron chi connectivity index (χ2n) is 29.1. The van der Waals surface area contributed by atoms with Crippen molar-refractivity contribution in [2.75, 3.05) is 20.9 Å². The van der Waals surface area contributed by atoms with Crippen molar-refractivity contribution in [2.24, 2.45) is 0 Å². The number of hydrogen-bond acceptors (Lipinski definition) is 10. The van der Waals surface area contributed by atoms with E-state index < -0.39 is 0 Å². The van der Waals surface area contributed by atoms with E-state index >= 15 is 0 Å². The number of nitrogens with zero attached hydrogens (tertiary/aromatic N) is 8. The van der Waals surface area contributed by atoms with Gasteiger partial charge in [-0.2, -0.15) is 0 Å². The SMILES string of the molecule is C.C.CC(C)(C)c1cc(Cl)c(Cl)c(N(Cc2ccccc2)c2ccc(-c3nc4ccccc4o3)cc2)c1.CC(C)(C)c1cc(Nc2ccc(-c3nc4ccccc4o3)cc2)c(Cl)c(N(Cc2ccccc2)c2ccc3c(c2)c2ccccc2n3-c2ccccn2)c1.Nc1ccc2c(c1)c1ccccc1n2-c1ccccn1. The van der Waals surface area contributed by atoms with Crippen LogP contribution in [0.4, 0.5) is 39.8 Å². The molecule has 0 bridgehead atoms. The molecule has 18 rings (SSSR count). The number of hydrogen-bond donors (Lipinski definition) is 2. The van der Waals surface area contributed by atoms with Gasteiger partial charge in [0, 0.05) is 80.9 Å². The number of para-hydroxylation sites is 6. The average Bonchev–Trinajstić information content (AvgIpc) is 1.61. The molecule has 3 N–H and O–H groups in total. The van der Waals surface area contributed by atoms with Gasteiger partial charge in [0.25, 0.3) is 0 Å². The van der Waals surface area contributed by atoms with Crippen LogP contribution < -0.4 is 20.9 Å². The molecule has 0 saturated carbocycles. The summed E-state index contributed by atoms with van der Waals surface area (Å²) in [6, 6.07) is 103. The van der Waals surface area contributed by atoms with Gasteiger partial charge in [0.1, 0.15) is 22.7 Å². The van der Waals surface area contributed by atoms with Gasteiger partial charge in [-0.25, -0.2) is 19.9 Å². The van der Waals surface area contributed by atoms with E-state index in [1.54, 1.807) is 0 Å². The van der Waals surface area contributed by atoms with Gasteiger partial charge >= 0.3 is 0 Å².